The highest BCUT2D eigenvalue weighted by molar-refractivity contribution is 7.27. The first-order chi connectivity index (χ1) is 12.1. The van der Waals surface area contributed by atoms with Crippen molar-refractivity contribution in [1.82, 2.24) is 9.97 Å². The van der Waals surface area contributed by atoms with Crippen molar-refractivity contribution in [2.45, 2.75) is 25.8 Å². The van der Waals surface area contributed by atoms with Gasteiger partial charge in [0.15, 0.2) is 5.82 Å². The molecule has 2 N–H and O–H groups in total. The van der Waals surface area contributed by atoms with Gasteiger partial charge in [0, 0.05) is 30.1 Å². The van der Waals surface area contributed by atoms with E-state index in [1.54, 1.807) is 0 Å². The van der Waals surface area contributed by atoms with Gasteiger partial charge in [-0.15, -0.1) is 9.24 Å². The van der Waals surface area contributed by atoms with E-state index in [4.69, 9.17) is 15.7 Å². The van der Waals surface area contributed by atoms with E-state index in [1.807, 2.05) is 12.1 Å². The van der Waals surface area contributed by atoms with Crippen LogP contribution in [0.15, 0.2) is 42.5 Å². The number of nitrogens with two attached hydrogens (primary N) is 1. The Kier molecular flexibility index (Phi) is 4.41. The van der Waals surface area contributed by atoms with Gasteiger partial charge in [0.1, 0.15) is 5.82 Å². The van der Waals surface area contributed by atoms with E-state index in [-0.39, 0.29) is 0 Å². The van der Waals surface area contributed by atoms with E-state index in [2.05, 4.69) is 51.4 Å². The molecule has 5 heteroatoms. The van der Waals surface area contributed by atoms with Crippen LogP contribution >= 0.6 is 9.24 Å². The Morgan fingerprint density at radius 3 is 2.60 bits per heavy atom. The number of hydrogen-bond donors (Lipinski definition) is 1. The average Bonchev–Trinajstić information content (AvgIpc) is 2.61. The quantitative estimate of drug-likeness (QED) is 0.722. The molecule has 0 bridgehead atoms. The molecule has 1 aliphatic rings. The fraction of sp³-hybridized carbons (Fsp3) is 0.300. The Morgan fingerprint density at radius 1 is 1.08 bits per heavy atom. The van der Waals surface area contributed by atoms with Crippen molar-refractivity contribution < 1.29 is 0 Å². The third kappa shape index (κ3) is 3.24. The van der Waals surface area contributed by atoms with Crippen LogP contribution in [0.2, 0.25) is 0 Å². The first-order valence-electron chi connectivity index (χ1n) is 8.75. The van der Waals surface area contributed by atoms with Crippen molar-refractivity contribution >= 4 is 31.3 Å². The lowest BCUT2D eigenvalue weighted by molar-refractivity contribution is 0.499. The number of piperidine rings is 1. The smallest absolute Gasteiger partial charge is 0.162 e. The van der Waals surface area contributed by atoms with E-state index in [1.165, 1.54) is 5.56 Å². The zero-order valence-electron chi connectivity index (χ0n) is 14.4. The molecule has 0 saturated carbocycles. The van der Waals surface area contributed by atoms with E-state index in [0.717, 1.165) is 59.3 Å². The predicted octanol–water partition coefficient (Wildman–Crippen LogP) is 3.03. The molecule has 4 nitrogen and oxygen atoms in total. The maximum absolute atomic E-state index is 6.09. The molecule has 0 spiro atoms. The number of nitrogens with zero attached hydrogens (tertiary/aromatic N) is 3. The van der Waals surface area contributed by atoms with Gasteiger partial charge in [-0.25, -0.2) is 9.97 Å². The van der Waals surface area contributed by atoms with Gasteiger partial charge in [0.05, 0.1) is 5.52 Å². The largest absolute Gasteiger partial charge is 0.356 e. The molecule has 1 atom stereocenters. The number of anilines is 1. The van der Waals surface area contributed by atoms with Crippen LogP contribution < -0.4 is 15.9 Å². The van der Waals surface area contributed by atoms with Crippen molar-refractivity contribution in [2.24, 2.45) is 5.73 Å². The van der Waals surface area contributed by atoms with Gasteiger partial charge in [0.2, 0.25) is 0 Å². The summed E-state index contributed by atoms with van der Waals surface area (Å²) in [4.78, 5) is 12.2. The topological polar surface area (TPSA) is 55.0 Å². The number of aromatic nitrogens is 2. The van der Waals surface area contributed by atoms with Crippen LogP contribution in [0.25, 0.3) is 22.3 Å². The summed E-state index contributed by atoms with van der Waals surface area (Å²) in [6, 6.07) is 14.9. The minimum atomic E-state index is 0.304. The third-order valence-corrected chi connectivity index (χ3v) is 5.38. The van der Waals surface area contributed by atoms with Gasteiger partial charge in [-0.3, -0.25) is 0 Å². The van der Waals surface area contributed by atoms with Gasteiger partial charge in [0.25, 0.3) is 0 Å². The summed E-state index contributed by atoms with van der Waals surface area (Å²) >= 11 is 0. The average molecular weight is 350 g/mol. The van der Waals surface area contributed by atoms with Crippen LogP contribution in [0.3, 0.4) is 0 Å². The second kappa shape index (κ2) is 6.70. The Balaban J connectivity index is 1.89. The second-order valence-electron chi connectivity index (χ2n) is 6.80. The molecular weight excluding hydrogens is 327 g/mol. The highest BCUT2D eigenvalue weighted by Gasteiger charge is 2.21. The lowest BCUT2D eigenvalue weighted by Gasteiger charge is -2.32. The molecule has 4 rings (SSSR count). The van der Waals surface area contributed by atoms with Gasteiger partial charge in [-0.1, -0.05) is 30.3 Å². The van der Waals surface area contributed by atoms with Crippen LogP contribution in [-0.2, 0) is 0 Å². The first kappa shape index (κ1) is 16.4. The molecular formula is C20H23N4P. The fourth-order valence-electron chi connectivity index (χ4n) is 3.40. The maximum Gasteiger partial charge on any atom is 0.162 e. The van der Waals surface area contributed by atoms with Gasteiger partial charge < -0.3 is 10.6 Å². The standard InChI is InChI=1S/C20H23N4P/c1-13-6-7-15-17(12-13)22-19(16-4-2-3-5-18(16)25)23-20(15)24-10-8-14(21)9-11-24/h2-7,12,14H,8-11,21,25H2,1H3. The molecule has 0 radical (unpaired) electrons. The molecule has 1 aromatic heterocycles. The SMILES string of the molecule is Cc1ccc2c(N3CCC(N)CC3)nc(-c3ccccc3P)nc2c1. The minimum Gasteiger partial charge on any atom is -0.356 e. The predicted molar refractivity (Wildman–Crippen MR) is 108 cm³/mol. The van der Waals surface area contributed by atoms with Crippen molar-refractivity contribution in [3.05, 3.63) is 48.0 Å². The molecule has 128 valence electrons. The minimum absolute atomic E-state index is 0.304. The Hall–Kier alpha value is -2.03. The van der Waals surface area contributed by atoms with E-state index >= 15 is 0 Å². The Labute approximate surface area is 150 Å². The lowest BCUT2D eigenvalue weighted by Crippen LogP contribution is -2.40. The second-order valence-corrected chi connectivity index (χ2v) is 7.43. The monoisotopic (exact) mass is 350 g/mol. The Bertz CT molecular complexity index is 917. The normalized spacial score (nSPS) is 15.7. The molecule has 1 fully saturated rings. The fourth-order valence-corrected chi connectivity index (χ4v) is 3.73. The molecule has 0 amide bonds. The highest BCUT2D eigenvalue weighted by Crippen LogP contribution is 2.29. The van der Waals surface area contributed by atoms with Crippen LogP contribution in [-0.4, -0.2) is 29.1 Å². The van der Waals surface area contributed by atoms with E-state index in [0.29, 0.717) is 6.04 Å². The van der Waals surface area contributed by atoms with Gasteiger partial charge in [-0.05, 0) is 42.8 Å². The zero-order chi connectivity index (χ0) is 17.4. The molecule has 0 aliphatic carbocycles. The summed E-state index contributed by atoms with van der Waals surface area (Å²) in [5.74, 6) is 1.81. The van der Waals surface area contributed by atoms with E-state index in [9.17, 15) is 0 Å². The van der Waals surface area contributed by atoms with Crippen LogP contribution in [0, 0.1) is 6.92 Å². The summed E-state index contributed by atoms with van der Waals surface area (Å²) in [6.45, 7) is 4.00. The number of rotatable bonds is 2. The van der Waals surface area contributed by atoms with Crippen molar-refractivity contribution in [1.29, 1.82) is 0 Å². The molecule has 2 heterocycles. The van der Waals surface area contributed by atoms with Crippen molar-refractivity contribution in [3.63, 3.8) is 0 Å². The van der Waals surface area contributed by atoms with Crippen LogP contribution in [0.5, 0.6) is 0 Å². The summed E-state index contributed by atoms with van der Waals surface area (Å²) in [5, 5.41) is 2.23. The van der Waals surface area contributed by atoms with Crippen LogP contribution in [0.4, 0.5) is 5.82 Å². The number of fused-ring (bicyclic) bond motifs is 1. The molecule has 1 aliphatic heterocycles. The lowest BCUT2D eigenvalue weighted by atomic mass is 10.1. The summed E-state index contributed by atoms with van der Waals surface area (Å²) < 4.78 is 0. The van der Waals surface area contributed by atoms with Gasteiger partial charge >= 0.3 is 0 Å². The third-order valence-electron chi connectivity index (χ3n) is 4.87. The molecule has 1 saturated heterocycles. The van der Waals surface area contributed by atoms with Crippen molar-refractivity contribution in [3.8, 4) is 11.4 Å². The molecule has 25 heavy (non-hydrogen) atoms. The number of aryl methyl sites for hydroxylation is 1. The maximum atomic E-state index is 6.09. The number of benzene rings is 2. The zero-order valence-corrected chi connectivity index (χ0v) is 15.6. The molecule has 1 unspecified atom stereocenters. The van der Waals surface area contributed by atoms with Crippen molar-refractivity contribution in [2.75, 3.05) is 18.0 Å². The van der Waals surface area contributed by atoms with E-state index < -0.39 is 0 Å². The molecule has 2 aromatic carbocycles. The highest BCUT2D eigenvalue weighted by atomic mass is 31.0. The van der Waals surface area contributed by atoms with Gasteiger partial charge in [-0.2, -0.15) is 0 Å². The summed E-state index contributed by atoms with van der Waals surface area (Å²) in [5.41, 5.74) is 9.36. The van der Waals surface area contributed by atoms with Crippen LogP contribution in [0.1, 0.15) is 18.4 Å². The Morgan fingerprint density at radius 2 is 1.84 bits per heavy atom. The summed E-state index contributed by atoms with van der Waals surface area (Å²) in [7, 11) is 2.79. The summed E-state index contributed by atoms with van der Waals surface area (Å²) in [6.07, 6.45) is 2.01. The number of hydrogen-bond acceptors (Lipinski definition) is 4. The first-order valence-corrected chi connectivity index (χ1v) is 9.33. The molecule has 3 aromatic rings.